The topological polar surface area (TPSA) is 20.2 Å². The molecule has 0 aliphatic carbocycles. The normalized spacial score (nSPS) is 10.5. The molecule has 3 rings (SSSR count). The smallest absolute Gasteiger partial charge is 0.140 e. The molecule has 0 aliphatic rings. The van der Waals surface area contributed by atoms with Crippen molar-refractivity contribution in [2.24, 2.45) is 0 Å². The fraction of sp³-hybridized carbons (Fsp3) is 0.419. The third-order valence-electron chi connectivity index (χ3n) is 6.57. The molecular weight excluding hydrogens is 553 g/mol. The van der Waals surface area contributed by atoms with Gasteiger partial charge in [0.15, 0.2) is 0 Å². The van der Waals surface area contributed by atoms with Gasteiger partial charge in [0.2, 0.25) is 0 Å². The molecule has 1 radical (unpaired) electrons. The molecule has 35 heavy (non-hydrogen) atoms. The van der Waals surface area contributed by atoms with Gasteiger partial charge >= 0.3 is 0 Å². The summed E-state index contributed by atoms with van der Waals surface area (Å²) in [5, 5.41) is 11.4. The van der Waals surface area contributed by atoms with Crippen LogP contribution in [-0.4, -0.2) is 42.1 Å². The van der Waals surface area contributed by atoms with Gasteiger partial charge in [-0.1, -0.05) is 91.0 Å². The third-order valence-corrected chi connectivity index (χ3v) is 12.6. The molecule has 195 valence electrons. The molecule has 0 bridgehead atoms. The van der Waals surface area contributed by atoms with E-state index < -0.39 is 5.60 Å². The quantitative estimate of drug-likeness (QED) is 0.148. The van der Waals surface area contributed by atoms with Gasteiger partial charge in [0.25, 0.3) is 0 Å². The molecule has 0 heterocycles. The van der Waals surface area contributed by atoms with Crippen molar-refractivity contribution in [3.63, 3.8) is 0 Å². The maximum absolute atomic E-state index is 11.4. The first-order valence-electron chi connectivity index (χ1n) is 13.1. The zero-order valence-corrected chi connectivity index (χ0v) is 26.3. The van der Waals surface area contributed by atoms with E-state index in [1.807, 2.05) is 91.0 Å². The Morgan fingerprint density at radius 3 is 0.800 bits per heavy atom. The summed E-state index contributed by atoms with van der Waals surface area (Å²) >= 11 is 0. The number of benzene rings is 3. The second kappa shape index (κ2) is 20.2. The molecule has 0 fully saturated rings. The van der Waals surface area contributed by atoms with Crippen LogP contribution in [0.15, 0.2) is 91.0 Å². The van der Waals surface area contributed by atoms with E-state index >= 15 is 0 Å². The Morgan fingerprint density at radius 2 is 0.657 bits per heavy atom. The Balaban J connectivity index is 0.000000644. The number of aliphatic hydroxyl groups is 1. The van der Waals surface area contributed by atoms with E-state index in [-0.39, 0.29) is 35.3 Å². The molecule has 1 nitrogen and oxygen atoms in total. The molecule has 0 aliphatic heterocycles. The fourth-order valence-corrected chi connectivity index (χ4v) is 7.04. The number of hydrogen-bond acceptors (Lipinski definition) is 1. The summed E-state index contributed by atoms with van der Waals surface area (Å²) in [5.74, 6) is 0. The van der Waals surface area contributed by atoms with E-state index in [0.29, 0.717) is 0 Å². The van der Waals surface area contributed by atoms with E-state index in [1.165, 1.54) is 37.0 Å². The van der Waals surface area contributed by atoms with Crippen molar-refractivity contribution in [3.8, 4) is 0 Å². The zero-order valence-electron chi connectivity index (χ0n) is 22.7. The largest absolute Gasteiger partial charge is 0.376 e. The van der Waals surface area contributed by atoms with Gasteiger partial charge in [0.1, 0.15) is 5.60 Å². The van der Waals surface area contributed by atoms with Crippen molar-refractivity contribution in [1.82, 2.24) is 0 Å². The van der Waals surface area contributed by atoms with Crippen LogP contribution in [-0.2, 0) is 25.1 Å². The van der Waals surface area contributed by atoms with Crippen molar-refractivity contribution in [2.45, 2.75) is 47.1 Å². The van der Waals surface area contributed by atoms with E-state index in [1.54, 1.807) is 0 Å². The van der Waals surface area contributed by atoms with E-state index in [0.717, 1.165) is 16.7 Å². The molecule has 4 heteroatoms. The van der Waals surface area contributed by atoms with Gasteiger partial charge in [-0.05, 0) is 74.1 Å². The Kier molecular flexibility index (Phi) is 19.7. The predicted molar refractivity (Wildman–Crippen MR) is 161 cm³/mol. The maximum atomic E-state index is 11.4. The second-order valence-electron chi connectivity index (χ2n) is 8.43. The van der Waals surface area contributed by atoms with Crippen LogP contribution in [0.2, 0.25) is 0 Å². The molecular formula is C31H48OP2Rh+2. The van der Waals surface area contributed by atoms with Crippen LogP contribution >= 0.6 is 15.8 Å². The summed E-state index contributed by atoms with van der Waals surface area (Å²) < 4.78 is 0. The maximum Gasteiger partial charge on any atom is 0.140 e. The monoisotopic (exact) mass is 601 g/mol. The first-order valence-corrected chi connectivity index (χ1v) is 17.3. The minimum absolute atomic E-state index is 0. The van der Waals surface area contributed by atoms with Crippen LogP contribution < -0.4 is 0 Å². The van der Waals surface area contributed by atoms with Gasteiger partial charge in [-0.2, -0.15) is 0 Å². The van der Waals surface area contributed by atoms with Crippen LogP contribution in [0.5, 0.6) is 0 Å². The SMILES string of the molecule is CC[PH+](CC)CC.CC[PH+](CC)CC.OC(c1ccccc1)(c1ccccc1)c1ccccc1.[Rh]. The van der Waals surface area contributed by atoms with Crippen molar-refractivity contribution in [1.29, 1.82) is 0 Å². The first-order chi connectivity index (χ1) is 16.5. The van der Waals surface area contributed by atoms with Crippen LogP contribution in [0.25, 0.3) is 0 Å². The average molecular weight is 602 g/mol. The minimum atomic E-state index is -1.12. The van der Waals surface area contributed by atoms with Crippen LogP contribution in [0, 0.1) is 0 Å². The van der Waals surface area contributed by atoms with E-state index in [9.17, 15) is 5.11 Å². The first kappa shape index (κ1) is 34.1. The van der Waals surface area contributed by atoms with Gasteiger partial charge in [0.05, 0.1) is 37.0 Å². The van der Waals surface area contributed by atoms with Gasteiger partial charge in [-0.3, -0.25) is 0 Å². The molecule has 0 amide bonds. The summed E-state index contributed by atoms with van der Waals surface area (Å²) in [5.41, 5.74) is 1.50. The van der Waals surface area contributed by atoms with Gasteiger partial charge in [-0.15, -0.1) is 0 Å². The van der Waals surface area contributed by atoms with Crippen LogP contribution in [0.3, 0.4) is 0 Å². The summed E-state index contributed by atoms with van der Waals surface area (Å²) in [6.07, 6.45) is 8.74. The second-order valence-corrected chi connectivity index (χ2v) is 15.7. The predicted octanol–water partition coefficient (Wildman–Crippen LogP) is 8.49. The molecule has 0 unspecified atom stereocenters. The molecule has 3 aromatic rings. The standard InChI is InChI=1S/C19H16O.2C6H15P.Rh/c20-19(16-10-4-1-5-11-16,17-12-6-2-7-13-17)18-14-8-3-9-15-18;2*1-4-7(5-2)6-3;/h1-15,20H;2*4-6H2,1-3H3;/p+2. The summed E-state index contributed by atoms with van der Waals surface area (Å²) in [6, 6.07) is 29.3. The van der Waals surface area contributed by atoms with Crippen LogP contribution in [0.1, 0.15) is 58.2 Å². The molecule has 0 atom stereocenters. The van der Waals surface area contributed by atoms with Crippen LogP contribution in [0.4, 0.5) is 0 Å². The molecule has 0 saturated carbocycles. The third kappa shape index (κ3) is 11.4. The van der Waals surface area contributed by atoms with Crippen molar-refractivity contribution < 1.29 is 24.6 Å². The van der Waals surface area contributed by atoms with Gasteiger partial charge < -0.3 is 5.11 Å². The molecule has 0 aromatic heterocycles. The summed E-state index contributed by atoms with van der Waals surface area (Å²) in [6.45, 7) is 13.8. The Hall–Kier alpha value is -0.897. The molecule has 1 N–H and O–H groups in total. The van der Waals surface area contributed by atoms with Crippen molar-refractivity contribution in [3.05, 3.63) is 108 Å². The molecule has 3 aromatic carbocycles. The molecule has 0 spiro atoms. The summed E-state index contributed by atoms with van der Waals surface area (Å²) in [4.78, 5) is 0. The van der Waals surface area contributed by atoms with Crippen molar-refractivity contribution >= 4 is 15.8 Å². The Bertz CT molecular complexity index is 731. The zero-order chi connectivity index (χ0) is 25.2. The number of hydrogen-bond donors (Lipinski definition) is 1. The van der Waals surface area contributed by atoms with Gasteiger partial charge in [0, 0.05) is 19.5 Å². The fourth-order valence-electron chi connectivity index (χ4n) is 4.04. The van der Waals surface area contributed by atoms with Gasteiger partial charge in [-0.25, -0.2) is 0 Å². The average Bonchev–Trinajstić information content (AvgIpc) is 2.92. The van der Waals surface area contributed by atoms with E-state index in [2.05, 4.69) is 41.5 Å². The molecule has 0 saturated heterocycles. The number of rotatable bonds is 9. The minimum Gasteiger partial charge on any atom is -0.376 e. The Labute approximate surface area is 231 Å². The van der Waals surface area contributed by atoms with E-state index in [4.69, 9.17) is 0 Å². The Morgan fingerprint density at radius 1 is 0.457 bits per heavy atom. The van der Waals surface area contributed by atoms with Crippen molar-refractivity contribution in [2.75, 3.05) is 37.0 Å². The summed E-state index contributed by atoms with van der Waals surface area (Å²) in [7, 11) is 0.275.